The average molecular weight is 396 g/mol. The van der Waals surface area contributed by atoms with Gasteiger partial charge in [0.15, 0.2) is 0 Å². The van der Waals surface area contributed by atoms with Crippen LogP contribution in [0.25, 0.3) is 22.4 Å². The van der Waals surface area contributed by atoms with Crippen molar-refractivity contribution in [2.75, 3.05) is 6.54 Å². The lowest BCUT2D eigenvalue weighted by molar-refractivity contribution is 0.238. The lowest BCUT2D eigenvalue weighted by atomic mass is 10.2. The molecular formula is C20H18ClN5O2. The molecule has 4 rings (SSSR count). The van der Waals surface area contributed by atoms with E-state index in [1.165, 1.54) is 0 Å². The summed E-state index contributed by atoms with van der Waals surface area (Å²) in [5.74, 6) is 1.45. The summed E-state index contributed by atoms with van der Waals surface area (Å²) in [6, 6.07) is 14.6. The number of benzene rings is 2. The van der Waals surface area contributed by atoms with Gasteiger partial charge >= 0.3 is 0 Å². The maximum Gasteiger partial charge on any atom is 0.258 e. The zero-order valence-corrected chi connectivity index (χ0v) is 16.0. The molecule has 7 nitrogen and oxygen atoms in total. The molecule has 0 aliphatic rings. The van der Waals surface area contributed by atoms with Crippen LogP contribution in [-0.4, -0.2) is 31.6 Å². The summed E-state index contributed by atoms with van der Waals surface area (Å²) in [7, 11) is 0. The van der Waals surface area contributed by atoms with Crippen LogP contribution in [0.15, 0.2) is 57.7 Å². The number of rotatable bonds is 6. The van der Waals surface area contributed by atoms with Crippen LogP contribution in [-0.2, 0) is 13.1 Å². The fourth-order valence-electron chi connectivity index (χ4n) is 2.95. The number of fused-ring (bicyclic) bond motifs is 1. The monoisotopic (exact) mass is 395 g/mol. The van der Waals surface area contributed by atoms with Gasteiger partial charge in [0.1, 0.15) is 5.82 Å². The Morgan fingerprint density at radius 2 is 1.86 bits per heavy atom. The molecule has 0 saturated carbocycles. The predicted octanol–water partition coefficient (Wildman–Crippen LogP) is 3.65. The lowest BCUT2D eigenvalue weighted by Gasteiger charge is -2.17. The van der Waals surface area contributed by atoms with Crippen LogP contribution in [0.2, 0.25) is 5.02 Å². The highest BCUT2D eigenvalue weighted by Gasteiger charge is 2.15. The van der Waals surface area contributed by atoms with E-state index < -0.39 is 0 Å². The molecule has 8 heteroatoms. The zero-order valence-electron chi connectivity index (χ0n) is 15.2. The summed E-state index contributed by atoms with van der Waals surface area (Å²) in [5.41, 5.74) is 1.23. The minimum Gasteiger partial charge on any atom is -0.419 e. The van der Waals surface area contributed by atoms with E-state index in [0.717, 1.165) is 6.54 Å². The molecule has 28 heavy (non-hydrogen) atoms. The first-order valence-corrected chi connectivity index (χ1v) is 9.29. The second kappa shape index (κ2) is 7.92. The number of nitrogens with one attached hydrogen (secondary N) is 1. The number of H-pyrrole nitrogens is 1. The third-order valence-corrected chi connectivity index (χ3v) is 4.74. The Hall–Kier alpha value is -3.03. The molecule has 0 unspecified atom stereocenters. The molecule has 0 amide bonds. The van der Waals surface area contributed by atoms with Crippen molar-refractivity contribution in [1.29, 1.82) is 0 Å². The maximum absolute atomic E-state index is 12.3. The first kappa shape index (κ1) is 18.3. The Morgan fingerprint density at radius 1 is 1.07 bits per heavy atom. The van der Waals surface area contributed by atoms with Gasteiger partial charge in [-0.15, -0.1) is 10.2 Å². The number of halogens is 1. The molecule has 0 aliphatic heterocycles. The van der Waals surface area contributed by atoms with E-state index >= 15 is 0 Å². The quantitative estimate of drug-likeness (QED) is 0.536. The van der Waals surface area contributed by atoms with Crippen molar-refractivity contribution in [3.8, 4) is 11.5 Å². The van der Waals surface area contributed by atoms with Gasteiger partial charge in [-0.25, -0.2) is 4.98 Å². The van der Waals surface area contributed by atoms with Gasteiger partial charge in [-0.2, -0.15) is 0 Å². The van der Waals surface area contributed by atoms with E-state index in [-0.39, 0.29) is 5.56 Å². The SMILES string of the molecule is CCN(Cc1nc2ccccc2c(=O)[nH]1)Cc1nnc(-c2ccccc2Cl)o1. The summed E-state index contributed by atoms with van der Waals surface area (Å²) < 4.78 is 5.77. The van der Waals surface area contributed by atoms with Crippen molar-refractivity contribution in [3.63, 3.8) is 0 Å². The Balaban J connectivity index is 1.53. The van der Waals surface area contributed by atoms with Gasteiger partial charge in [-0.05, 0) is 30.8 Å². The van der Waals surface area contributed by atoms with Crippen LogP contribution in [0.5, 0.6) is 0 Å². The van der Waals surface area contributed by atoms with Gasteiger partial charge in [0.2, 0.25) is 11.8 Å². The van der Waals surface area contributed by atoms with Crippen molar-refractivity contribution < 1.29 is 4.42 Å². The number of para-hydroxylation sites is 1. The second-order valence-electron chi connectivity index (χ2n) is 6.31. The van der Waals surface area contributed by atoms with Crippen LogP contribution in [0.4, 0.5) is 0 Å². The third-order valence-electron chi connectivity index (χ3n) is 4.41. The molecule has 0 atom stereocenters. The normalized spacial score (nSPS) is 11.4. The number of aromatic amines is 1. The Labute approximate surface area is 166 Å². The molecule has 0 aliphatic carbocycles. The van der Waals surface area contributed by atoms with E-state index in [4.69, 9.17) is 16.0 Å². The molecular weight excluding hydrogens is 378 g/mol. The Kier molecular flexibility index (Phi) is 5.18. The van der Waals surface area contributed by atoms with E-state index in [1.807, 2.05) is 43.3 Å². The van der Waals surface area contributed by atoms with Gasteiger partial charge in [-0.3, -0.25) is 9.69 Å². The Morgan fingerprint density at radius 3 is 2.68 bits per heavy atom. The number of hydrogen-bond acceptors (Lipinski definition) is 6. The molecule has 0 bridgehead atoms. The topological polar surface area (TPSA) is 87.9 Å². The first-order chi connectivity index (χ1) is 13.6. The summed E-state index contributed by atoms with van der Waals surface area (Å²) in [6.45, 7) is 3.63. The van der Waals surface area contributed by atoms with E-state index in [0.29, 0.717) is 52.2 Å². The molecule has 1 N–H and O–H groups in total. The van der Waals surface area contributed by atoms with Crippen molar-refractivity contribution in [2.45, 2.75) is 20.0 Å². The van der Waals surface area contributed by atoms with Crippen LogP contribution >= 0.6 is 11.6 Å². The molecule has 0 saturated heterocycles. The van der Waals surface area contributed by atoms with Gasteiger partial charge in [0, 0.05) is 0 Å². The molecule has 2 aromatic heterocycles. The summed E-state index contributed by atoms with van der Waals surface area (Å²) in [4.78, 5) is 21.7. The van der Waals surface area contributed by atoms with Crippen molar-refractivity contribution >= 4 is 22.5 Å². The predicted molar refractivity (Wildman–Crippen MR) is 107 cm³/mol. The summed E-state index contributed by atoms with van der Waals surface area (Å²) in [5, 5.41) is 9.35. The van der Waals surface area contributed by atoms with Gasteiger partial charge in [0.05, 0.1) is 34.6 Å². The number of nitrogens with zero attached hydrogens (tertiary/aromatic N) is 4. The minimum atomic E-state index is -0.143. The maximum atomic E-state index is 12.3. The molecule has 0 radical (unpaired) electrons. The second-order valence-corrected chi connectivity index (χ2v) is 6.72. The van der Waals surface area contributed by atoms with Crippen molar-refractivity contribution in [1.82, 2.24) is 25.1 Å². The highest BCUT2D eigenvalue weighted by molar-refractivity contribution is 6.33. The number of aromatic nitrogens is 4. The molecule has 142 valence electrons. The largest absolute Gasteiger partial charge is 0.419 e. The highest BCUT2D eigenvalue weighted by Crippen LogP contribution is 2.26. The third kappa shape index (κ3) is 3.81. The minimum absolute atomic E-state index is 0.143. The fraction of sp³-hybridized carbons (Fsp3) is 0.200. The number of hydrogen-bond donors (Lipinski definition) is 1. The van der Waals surface area contributed by atoms with E-state index in [1.54, 1.807) is 12.1 Å². The van der Waals surface area contributed by atoms with E-state index in [2.05, 4.69) is 25.1 Å². The van der Waals surface area contributed by atoms with Crippen LogP contribution in [0.3, 0.4) is 0 Å². The Bertz CT molecular complexity index is 1170. The van der Waals surface area contributed by atoms with Gasteiger partial charge < -0.3 is 9.40 Å². The molecule has 4 aromatic rings. The fourth-order valence-corrected chi connectivity index (χ4v) is 3.17. The lowest BCUT2D eigenvalue weighted by Crippen LogP contribution is -2.25. The van der Waals surface area contributed by atoms with Crippen LogP contribution in [0, 0.1) is 0 Å². The molecule has 0 spiro atoms. The van der Waals surface area contributed by atoms with Gasteiger partial charge in [0.25, 0.3) is 5.56 Å². The van der Waals surface area contributed by atoms with E-state index in [9.17, 15) is 4.79 Å². The standard InChI is InChI=1S/C20H18ClN5O2/c1-2-26(11-17-22-16-10-6-4-8-14(16)19(27)23-17)12-18-24-25-20(28-18)13-7-3-5-9-15(13)21/h3-10H,2,11-12H2,1H3,(H,22,23,27). The van der Waals surface area contributed by atoms with Crippen molar-refractivity contribution in [3.05, 3.63) is 75.6 Å². The van der Waals surface area contributed by atoms with Gasteiger partial charge in [-0.1, -0.05) is 42.8 Å². The first-order valence-electron chi connectivity index (χ1n) is 8.91. The molecule has 2 aromatic carbocycles. The zero-order chi connectivity index (χ0) is 19.5. The average Bonchev–Trinajstić information content (AvgIpc) is 3.16. The summed E-state index contributed by atoms with van der Waals surface area (Å²) >= 11 is 6.19. The van der Waals surface area contributed by atoms with Crippen molar-refractivity contribution in [2.24, 2.45) is 0 Å². The smallest absolute Gasteiger partial charge is 0.258 e. The summed E-state index contributed by atoms with van der Waals surface area (Å²) in [6.07, 6.45) is 0. The molecule has 0 fully saturated rings. The van der Waals surface area contributed by atoms with Crippen LogP contribution in [0.1, 0.15) is 18.6 Å². The highest BCUT2D eigenvalue weighted by atomic mass is 35.5. The molecule has 2 heterocycles. The van der Waals surface area contributed by atoms with Crippen LogP contribution < -0.4 is 5.56 Å².